The summed E-state index contributed by atoms with van der Waals surface area (Å²) in [7, 11) is 0. The molecule has 3 N–H and O–H groups in total. The maximum atomic E-state index is 10.1. The summed E-state index contributed by atoms with van der Waals surface area (Å²) in [4.78, 5) is 1.81. The van der Waals surface area contributed by atoms with Crippen molar-refractivity contribution < 1.29 is 20.1 Å². The Hall–Kier alpha value is -1.14. The Morgan fingerprint density at radius 3 is 2.32 bits per heavy atom. The zero-order valence-corrected chi connectivity index (χ0v) is 13.8. The van der Waals surface area contributed by atoms with Crippen LogP contribution in [-0.2, 0) is 0 Å². The van der Waals surface area contributed by atoms with Crippen molar-refractivity contribution in [1.82, 2.24) is 4.90 Å². The lowest BCUT2D eigenvalue weighted by atomic mass is 10.0. The first-order valence-electron chi connectivity index (χ1n) is 7.83. The van der Waals surface area contributed by atoms with Crippen molar-refractivity contribution in [3.05, 3.63) is 29.3 Å². The molecule has 5 heteroatoms. The zero-order valence-electron chi connectivity index (χ0n) is 13.8. The molecule has 1 unspecified atom stereocenters. The van der Waals surface area contributed by atoms with Gasteiger partial charge in [0, 0.05) is 19.6 Å². The molecule has 0 fully saturated rings. The van der Waals surface area contributed by atoms with E-state index in [2.05, 4.69) is 26.0 Å². The van der Waals surface area contributed by atoms with Crippen molar-refractivity contribution in [2.24, 2.45) is 0 Å². The first-order chi connectivity index (χ1) is 10.5. The van der Waals surface area contributed by atoms with Crippen molar-refractivity contribution in [2.45, 2.75) is 32.8 Å². The van der Waals surface area contributed by atoms with Crippen LogP contribution in [0.25, 0.3) is 0 Å². The minimum Gasteiger partial charge on any atom is -0.491 e. The number of rotatable bonds is 10. The fourth-order valence-corrected chi connectivity index (χ4v) is 2.36. The smallest absolute Gasteiger partial charge is 0.123 e. The van der Waals surface area contributed by atoms with Gasteiger partial charge in [-0.05, 0) is 30.0 Å². The van der Waals surface area contributed by atoms with Crippen molar-refractivity contribution in [1.29, 1.82) is 0 Å². The van der Waals surface area contributed by atoms with Crippen LogP contribution in [0.3, 0.4) is 0 Å². The molecule has 0 saturated carbocycles. The SMILES string of the molecule is Cc1ccc(C(C)C)c(OCC(O)CN(CCO)CCO)c1. The molecule has 1 aromatic carbocycles. The summed E-state index contributed by atoms with van der Waals surface area (Å²) in [6, 6.07) is 6.11. The lowest BCUT2D eigenvalue weighted by molar-refractivity contribution is 0.0549. The molecular weight excluding hydrogens is 282 g/mol. The lowest BCUT2D eigenvalue weighted by Gasteiger charge is -2.24. The molecule has 0 aliphatic heterocycles. The van der Waals surface area contributed by atoms with Crippen LogP contribution >= 0.6 is 0 Å². The first-order valence-corrected chi connectivity index (χ1v) is 7.83. The van der Waals surface area contributed by atoms with Gasteiger partial charge in [-0.1, -0.05) is 26.0 Å². The molecule has 0 bridgehead atoms. The number of aliphatic hydroxyl groups is 3. The van der Waals surface area contributed by atoms with E-state index in [0.29, 0.717) is 25.6 Å². The van der Waals surface area contributed by atoms with Gasteiger partial charge in [0.05, 0.1) is 13.2 Å². The van der Waals surface area contributed by atoms with E-state index in [9.17, 15) is 5.11 Å². The third-order valence-corrected chi connectivity index (χ3v) is 3.52. The van der Waals surface area contributed by atoms with Crippen LogP contribution in [0.5, 0.6) is 5.75 Å². The topological polar surface area (TPSA) is 73.2 Å². The number of hydrogen-bond donors (Lipinski definition) is 3. The summed E-state index contributed by atoms with van der Waals surface area (Å²) in [6.07, 6.45) is -0.668. The predicted molar refractivity (Wildman–Crippen MR) is 87.4 cm³/mol. The molecule has 126 valence electrons. The minimum atomic E-state index is -0.668. The summed E-state index contributed by atoms with van der Waals surface area (Å²) >= 11 is 0. The van der Waals surface area contributed by atoms with Gasteiger partial charge in [-0.2, -0.15) is 0 Å². The maximum Gasteiger partial charge on any atom is 0.123 e. The molecular formula is C17H29NO4. The second-order valence-electron chi connectivity index (χ2n) is 5.91. The third-order valence-electron chi connectivity index (χ3n) is 3.52. The van der Waals surface area contributed by atoms with Crippen LogP contribution in [0.2, 0.25) is 0 Å². The fraction of sp³-hybridized carbons (Fsp3) is 0.647. The average molecular weight is 311 g/mol. The highest BCUT2D eigenvalue weighted by Gasteiger charge is 2.14. The Labute approximate surface area is 133 Å². The van der Waals surface area contributed by atoms with Crippen LogP contribution in [-0.4, -0.2) is 65.8 Å². The van der Waals surface area contributed by atoms with Crippen LogP contribution in [0.4, 0.5) is 0 Å². The molecule has 1 rings (SSSR count). The van der Waals surface area contributed by atoms with E-state index in [1.807, 2.05) is 17.9 Å². The lowest BCUT2D eigenvalue weighted by Crippen LogP contribution is -2.38. The van der Waals surface area contributed by atoms with Gasteiger partial charge in [-0.3, -0.25) is 4.90 Å². The van der Waals surface area contributed by atoms with Gasteiger partial charge in [0.15, 0.2) is 0 Å². The van der Waals surface area contributed by atoms with E-state index in [1.165, 1.54) is 0 Å². The number of aliphatic hydroxyl groups excluding tert-OH is 3. The second kappa shape index (κ2) is 9.79. The average Bonchev–Trinajstić information content (AvgIpc) is 2.45. The number of ether oxygens (including phenoxy) is 1. The molecule has 0 aliphatic carbocycles. The van der Waals surface area contributed by atoms with Gasteiger partial charge < -0.3 is 20.1 Å². The molecule has 22 heavy (non-hydrogen) atoms. The Morgan fingerprint density at radius 2 is 1.77 bits per heavy atom. The number of hydrogen-bond acceptors (Lipinski definition) is 5. The highest BCUT2D eigenvalue weighted by Crippen LogP contribution is 2.27. The van der Waals surface area contributed by atoms with Crippen molar-refractivity contribution in [3.8, 4) is 5.75 Å². The van der Waals surface area contributed by atoms with E-state index in [-0.39, 0.29) is 19.8 Å². The quantitative estimate of drug-likeness (QED) is 0.604. The van der Waals surface area contributed by atoms with Gasteiger partial charge >= 0.3 is 0 Å². The first kappa shape index (κ1) is 18.9. The fourth-order valence-electron chi connectivity index (χ4n) is 2.36. The summed E-state index contributed by atoms with van der Waals surface area (Å²) in [5.74, 6) is 1.16. The van der Waals surface area contributed by atoms with Gasteiger partial charge in [0.2, 0.25) is 0 Å². The van der Waals surface area contributed by atoms with Crippen molar-refractivity contribution in [2.75, 3.05) is 39.5 Å². The molecule has 0 saturated heterocycles. The molecule has 0 heterocycles. The highest BCUT2D eigenvalue weighted by molar-refractivity contribution is 5.39. The Morgan fingerprint density at radius 1 is 1.14 bits per heavy atom. The molecule has 1 atom stereocenters. The maximum absolute atomic E-state index is 10.1. The molecule has 1 aromatic rings. The second-order valence-corrected chi connectivity index (χ2v) is 5.91. The molecule has 0 radical (unpaired) electrons. The van der Waals surface area contributed by atoms with Crippen LogP contribution < -0.4 is 4.74 Å². The van der Waals surface area contributed by atoms with Gasteiger partial charge in [-0.15, -0.1) is 0 Å². The highest BCUT2D eigenvalue weighted by atomic mass is 16.5. The standard InChI is InChI=1S/C17H29NO4/c1-13(2)16-5-4-14(3)10-17(16)22-12-15(21)11-18(6-8-19)7-9-20/h4-5,10,13,15,19-21H,6-9,11-12H2,1-3H3. The summed E-state index contributed by atoms with van der Waals surface area (Å²) < 4.78 is 5.80. The molecule has 5 nitrogen and oxygen atoms in total. The molecule has 0 spiro atoms. The largest absolute Gasteiger partial charge is 0.491 e. The van der Waals surface area contributed by atoms with Gasteiger partial charge in [0.1, 0.15) is 18.5 Å². The number of nitrogens with zero attached hydrogens (tertiary/aromatic N) is 1. The Bertz CT molecular complexity index is 431. The Balaban J connectivity index is 2.59. The van der Waals surface area contributed by atoms with E-state index in [4.69, 9.17) is 14.9 Å². The van der Waals surface area contributed by atoms with Crippen LogP contribution in [0, 0.1) is 6.92 Å². The van der Waals surface area contributed by atoms with E-state index < -0.39 is 6.10 Å². The number of benzene rings is 1. The van der Waals surface area contributed by atoms with Crippen LogP contribution in [0.15, 0.2) is 18.2 Å². The minimum absolute atomic E-state index is 0.00293. The predicted octanol–water partition coefficient (Wildman–Crippen LogP) is 1.14. The molecule has 0 amide bonds. The van der Waals surface area contributed by atoms with E-state index in [0.717, 1.165) is 16.9 Å². The third kappa shape index (κ3) is 6.32. The summed E-state index contributed by atoms with van der Waals surface area (Å²) in [5.41, 5.74) is 2.25. The number of aryl methyl sites for hydroxylation is 1. The van der Waals surface area contributed by atoms with Gasteiger partial charge in [0.25, 0.3) is 0 Å². The van der Waals surface area contributed by atoms with Crippen molar-refractivity contribution >= 4 is 0 Å². The van der Waals surface area contributed by atoms with Crippen LogP contribution in [0.1, 0.15) is 30.9 Å². The normalized spacial score (nSPS) is 12.9. The zero-order chi connectivity index (χ0) is 16.5. The summed E-state index contributed by atoms with van der Waals surface area (Å²) in [6.45, 7) is 7.65. The van der Waals surface area contributed by atoms with E-state index in [1.54, 1.807) is 0 Å². The van der Waals surface area contributed by atoms with Crippen molar-refractivity contribution in [3.63, 3.8) is 0 Å². The summed E-state index contributed by atoms with van der Waals surface area (Å²) in [5, 5.41) is 28.1. The monoisotopic (exact) mass is 311 g/mol. The molecule has 0 aromatic heterocycles. The molecule has 0 aliphatic rings. The van der Waals surface area contributed by atoms with Gasteiger partial charge in [-0.25, -0.2) is 0 Å². The van der Waals surface area contributed by atoms with E-state index >= 15 is 0 Å². The Kier molecular flexibility index (Phi) is 8.42.